The lowest BCUT2D eigenvalue weighted by Crippen LogP contribution is -2.37. The minimum atomic E-state index is 0.472. The monoisotopic (exact) mass is 265 g/mol. The number of rotatable bonds is 6. The van der Waals surface area contributed by atoms with Crippen molar-refractivity contribution in [1.82, 2.24) is 10.6 Å². The quantitative estimate of drug-likeness (QED) is 0.472. The molecule has 0 aliphatic carbocycles. The van der Waals surface area contributed by atoms with Crippen molar-refractivity contribution in [3.8, 4) is 0 Å². The van der Waals surface area contributed by atoms with Gasteiger partial charge >= 0.3 is 0 Å². The van der Waals surface area contributed by atoms with Gasteiger partial charge < -0.3 is 10.6 Å². The average molecular weight is 265 g/mol. The van der Waals surface area contributed by atoms with Crippen LogP contribution in [0.15, 0.2) is 40.2 Å². The third-order valence-electron chi connectivity index (χ3n) is 2.28. The number of guanidine groups is 1. The predicted molar refractivity (Wildman–Crippen MR) is 81.4 cm³/mol. The lowest BCUT2D eigenvalue weighted by Gasteiger charge is -2.12. The zero-order valence-electron chi connectivity index (χ0n) is 11.4. The number of hydrogen-bond acceptors (Lipinski definition) is 2. The zero-order valence-corrected chi connectivity index (χ0v) is 12.3. The van der Waals surface area contributed by atoms with E-state index in [9.17, 15) is 0 Å². The molecule has 0 fully saturated rings. The molecule has 0 radical (unpaired) electrons. The molecule has 0 saturated carbocycles. The Morgan fingerprint density at radius 3 is 2.33 bits per heavy atom. The van der Waals surface area contributed by atoms with Gasteiger partial charge in [0.25, 0.3) is 0 Å². The highest BCUT2D eigenvalue weighted by molar-refractivity contribution is 8.00. The van der Waals surface area contributed by atoms with E-state index in [1.54, 1.807) is 0 Å². The molecule has 0 bridgehead atoms. The van der Waals surface area contributed by atoms with Gasteiger partial charge in [-0.3, -0.25) is 4.99 Å². The molecule has 0 saturated heterocycles. The van der Waals surface area contributed by atoms with Gasteiger partial charge in [-0.25, -0.2) is 0 Å². The van der Waals surface area contributed by atoms with Crippen molar-refractivity contribution >= 4 is 17.7 Å². The first-order chi connectivity index (χ1) is 8.76. The van der Waals surface area contributed by atoms with Crippen LogP contribution in [0.1, 0.15) is 20.8 Å². The molecule has 2 N–H and O–H groups in total. The van der Waals surface area contributed by atoms with Crippen molar-refractivity contribution in [1.29, 1.82) is 0 Å². The summed E-state index contributed by atoms with van der Waals surface area (Å²) in [5.74, 6) is 0.903. The van der Waals surface area contributed by atoms with E-state index in [4.69, 9.17) is 0 Å². The first kappa shape index (κ1) is 14.9. The van der Waals surface area contributed by atoms with E-state index in [1.807, 2.05) is 17.8 Å². The Morgan fingerprint density at radius 1 is 1.17 bits per heavy atom. The standard InChI is InChI=1S/C14H23N3S/c1-4-15-14(16-5-2)17-11-12(3)18-13-9-7-6-8-10-13/h6-10,12H,4-5,11H2,1-3H3,(H2,15,16,17). The maximum atomic E-state index is 4.57. The van der Waals surface area contributed by atoms with Crippen LogP contribution in [0.4, 0.5) is 0 Å². The molecule has 1 unspecified atom stereocenters. The van der Waals surface area contributed by atoms with Crippen LogP contribution in [0.2, 0.25) is 0 Å². The van der Waals surface area contributed by atoms with Crippen molar-refractivity contribution in [2.45, 2.75) is 30.9 Å². The van der Waals surface area contributed by atoms with Gasteiger partial charge in [0.15, 0.2) is 5.96 Å². The number of benzene rings is 1. The fourth-order valence-electron chi connectivity index (χ4n) is 1.50. The zero-order chi connectivity index (χ0) is 13.2. The Hall–Kier alpha value is -1.16. The summed E-state index contributed by atoms with van der Waals surface area (Å²) < 4.78 is 0. The minimum absolute atomic E-state index is 0.472. The maximum Gasteiger partial charge on any atom is 0.191 e. The van der Waals surface area contributed by atoms with Gasteiger partial charge in [0.2, 0.25) is 0 Å². The maximum absolute atomic E-state index is 4.57. The van der Waals surface area contributed by atoms with Gasteiger partial charge in [-0.1, -0.05) is 25.1 Å². The number of nitrogens with one attached hydrogen (secondary N) is 2. The third-order valence-corrected chi connectivity index (χ3v) is 3.37. The first-order valence-corrected chi connectivity index (χ1v) is 7.38. The van der Waals surface area contributed by atoms with E-state index in [0.29, 0.717) is 5.25 Å². The van der Waals surface area contributed by atoms with Crippen LogP contribution in [0, 0.1) is 0 Å². The van der Waals surface area contributed by atoms with Crippen molar-refractivity contribution in [2.24, 2.45) is 4.99 Å². The van der Waals surface area contributed by atoms with Crippen molar-refractivity contribution < 1.29 is 0 Å². The SMILES string of the molecule is CCNC(=NCC(C)Sc1ccccc1)NCC. The Labute approximate surface area is 114 Å². The molecule has 0 spiro atoms. The molecule has 0 heterocycles. The second-order valence-corrected chi connectivity index (χ2v) is 5.50. The first-order valence-electron chi connectivity index (χ1n) is 6.50. The molecule has 0 aliphatic heterocycles. The molecule has 0 aliphatic rings. The summed E-state index contributed by atoms with van der Waals surface area (Å²) in [6, 6.07) is 10.5. The van der Waals surface area contributed by atoms with Crippen molar-refractivity contribution in [2.75, 3.05) is 19.6 Å². The Morgan fingerprint density at radius 2 is 1.78 bits per heavy atom. The molecule has 1 aromatic rings. The number of aliphatic imine (C=N–C) groups is 1. The van der Waals surface area contributed by atoms with Gasteiger partial charge in [0.05, 0.1) is 6.54 Å². The van der Waals surface area contributed by atoms with Crippen LogP contribution in [-0.4, -0.2) is 30.8 Å². The highest BCUT2D eigenvalue weighted by Crippen LogP contribution is 2.22. The molecular formula is C14H23N3S. The summed E-state index contributed by atoms with van der Waals surface area (Å²) in [6.07, 6.45) is 0. The van der Waals surface area contributed by atoms with Crippen LogP contribution >= 0.6 is 11.8 Å². The summed E-state index contributed by atoms with van der Waals surface area (Å²) >= 11 is 1.86. The van der Waals surface area contributed by atoms with Crippen LogP contribution in [0.25, 0.3) is 0 Å². The minimum Gasteiger partial charge on any atom is -0.357 e. The molecular weight excluding hydrogens is 242 g/mol. The van der Waals surface area contributed by atoms with Gasteiger partial charge in [-0.05, 0) is 26.0 Å². The van der Waals surface area contributed by atoms with Gasteiger partial charge in [-0.15, -0.1) is 11.8 Å². The van der Waals surface area contributed by atoms with Crippen LogP contribution < -0.4 is 10.6 Å². The highest BCUT2D eigenvalue weighted by atomic mass is 32.2. The number of thioether (sulfide) groups is 1. The fraction of sp³-hybridized carbons (Fsp3) is 0.500. The average Bonchev–Trinajstić information content (AvgIpc) is 2.38. The molecule has 18 heavy (non-hydrogen) atoms. The summed E-state index contributed by atoms with van der Waals surface area (Å²) in [5.41, 5.74) is 0. The Kier molecular flexibility index (Phi) is 7.34. The van der Waals surface area contributed by atoms with Gasteiger partial charge in [-0.2, -0.15) is 0 Å². The third kappa shape index (κ3) is 5.96. The van der Waals surface area contributed by atoms with Gasteiger partial charge in [0.1, 0.15) is 0 Å². The van der Waals surface area contributed by atoms with E-state index in [-0.39, 0.29) is 0 Å². The predicted octanol–water partition coefficient (Wildman–Crippen LogP) is 2.74. The molecule has 1 rings (SSSR count). The fourth-order valence-corrected chi connectivity index (χ4v) is 2.43. The van der Waals surface area contributed by atoms with E-state index in [0.717, 1.165) is 25.6 Å². The molecule has 4 heteroatoms. The summed E-state index contributed by atoms with van der Waals surface area (Å²) in [6.45, 7) is 8.97. The lowest BCUT2D eigenvalue weighted by molar-refractivity contribution is 0.831. The lowest BCUT2D eigenvalue weighted by atomic mass is 10.4. The van der Waals surface area contributed by atoms with Crippen molar-refractivity contribution in [3.05, 3.63) is 30.3 Å². The molecule has 0 aromatic heterocycles. The van der Waals surface area contributed by atoms with Crippen LogP contribution in [0.3, 0.4) is 0 Å². The molecule has 1 atom stereocenters. The van der Waals surface area contributed by atoms with E-state index in [2.05, 4.69) is 60.7 Å². The number of nitrogens with zero attached hydrogens (tertiary/aromatic N) is 1. The molecule has 1 aromatic carbocycles. The van der Waals surface area contributed by atoms with Crippen LogP contribution in [-0.2, 0) is 0 Å². The largest absolute Gasteiger partial charge is 0.357 e. The molecule has 100 valence electrons. The summed E-state index contributed by atoms with van der Waals surface area (Å²) in [7, 11) is 0. The number of hydrogen-bond donors (Lipinski definition) is 2. The highest BCUT2D eigenvalue weighted by Gasteiger charge is 2.04. The Balaban J connectivity index is 2.43. The van der Waals surface area contributed by atoms with E-state index < -0.39 is 0 Å². The topological polar surface area (TPSA) is 36.4 Å². The normalized spacial score (nSPS) is 11.7. The molecule has 3 nitrogen and oxygen atoms in total. The summed E-state index contributed by atoms with van der Waals surface area (Å²) in [5, 5.41) is 6.94. The Bertz CT molecular complexity index is 343. The van der Waals surface area contributed by atoms with E-state index in [1.165, 1.54) is 4.90 Å². The van der Waals surface area contributed by atoms with Crippen molar-refractivity contribution in [3.63, 3.8) is 0 Å². The molecule has 0 amide bonds. The summed E-state index contributed by atoms with van der Waals surface area (Å²) in [4.78, 5) is 5.87. The van der Waals surface area contributed by atoms with Crippen LogP contribution in [0.5, 0.6) is 0 Å². The second kappa shape index (κ2) is 8.86. The second-order valence-electron chi connectivity index (χ2n) is 3.99. The van der Waals surface area contributed by atoms with E-state index >= 15 is 0 Å². The smallest absolute Gasteiger partial charge is 0.191 e. The van der Waals surface area contributed by atoms with Gasteiger partial charge in [0, 0.05) is 23.2 Å².